The number of dihydropyridines is 1. The monoisotopic (exact) mass is 594 g/mol. The fraction of sp³-hybridized carbons (Fsp3) is 0.611. The van der Waals surface area contributed by atoms with Crippen molar-refractivity contribution < 1.29 is 23.7 Å². The van der Waals surface area contributed by atoms with E-state index in [9.17, 15) is 0 Å². The van der Waals surface area contributed by atoms with Crippen LogP contribution >= 0.6 is 0 Å². The predicted octanol–water partition coefficient (Wildman–Crippen LogP) is 7.59. The molecule has 0 amide bonds. The highest BCUT2D eigenvalue weighted by Crippen LogP contribution is 2.39. The average molecular weight is 595 g/mol. The van der Waals surface area contributed by atoms with Gasteiger partial charge in [-0.25, -0.2) is 0 Å². The van der Waals surface area contributed by atoms with E-state index in [0.717, 1.165) is 117 Å². The van der Waals surface area contributed by atoms with E-state index in [0.29, 0.717) is 12.5 Å². The van der Waals surface area contributed by atoms with E-state index in [-0.39, 0.29) is 6.29 Å². The largest absolute Gasteiger partial charge is 0.496 e. The predicted molar refractivity (Wildman–Crippen MR) is 174 cm³/mol. The van der Waals surface area contributed by atoms with E-state index in [1.54, 1.807) is 14.2 Å². The second-order valence-electron chi connectivity index (χ2n) is 11.7. The van der Waals surface area contributed by atoms with E-state index < -0.39 is 0 Å². The first-order valence-corrected chi connectivity index (χ1v) is 16.5. The first-order chi connectivity index (χ1) is 21.1. The number of hydrogen-bond donors (Lipinski definition) is 1. The fourth-order valence-electron chi connectivity index (χ4n) is 5.96. The lowest BCUT2D eigenvalue weighted by Crippen LogP contribution is -2.36. The highest BCUT2D eigenvalue weighted by Gasteiger charge is 2.30. The molecule has 1 aromatic carbocycles. The molecular weight excluding hydrogens is 540 g/mol. The number of benzene rings is 1. The summed E-state index contributed by atoms with van der Waals surface area (Å²) < 4.78 is 29.3. The number of hydrogen-bond acceptors (Lipinski definition) is 7. The van der Waals surface area contributed by atoms with Crippen molar-refractivity contribution in [2.45, 2.75) is 85.0 Å². The van der Waals surface area contributed by atoms with Crippen molar-refractivity contribution in [3.63, 3.8) is 0 Å². The maximum Gasteiger partial charge on any atom is 0.158 e. The highest BCUT2D eigenvalue weighted by molar-refractivity contribution is 5.78. The normalized spacial score (nSPS) is 21.6. The molecule has 1 aromatic rings. The van der Waals surface area contributed by atoms with Crippen LogP contribution in [0.25, 0.3) is 5.70 Å². The van der Waals surface area contributed by atoms with Crippen molar-refractivity contribution in [2.24, 2.45) is 11.8 Å². The molecule has 3 fully saturated rings. The Morgan fingerprint density at radius 3 is 2.21 bits per heavy atom. The molecule has 1 N–H and O–H groups in total. The molecule has 1 saturated carbocycles. The van der Waals surface area contributed by atoms with Gasteiger partial charge in [-0.1, -0.05) is 33.4 Å². The van der Waals surface area contributed by atoms with E-state index in [1.165, 1.54) is 18.5 Å². The van der Waals surface area contributed by atoms with Crippen molar-refractivity contribution >= 4 is 5.70 Å². The summed E-state index contributed by atoms with van der Waals surface area (Å²) >= 11 is 0. The fourth-order valence-corrected chi connectivity index (χ4v) is 5.96. The Morgan fingerprint density at radius 1 is 0.953 bits per heavy atom. The molecule has 1 unspecified atom stereocenters. The van der Waals surface area contributed by atoms with Crippen LogP contribution in [0.15, 0.2) is 53.9 Å². The molecule has 5 rings (SSSR count). The molecule has 3 heterocycles. The molecule has 0 spiro atoms. The first kappa shape index (κ1) is 33.2. The number of allylic oxidation sites excluding steroid dienone is 4. The summed E-state index contributed by atoms with van der Waals surface area (Å²) in [6.45, 7) is 15.8. The molecule has 4 aliphatic rings. The summed E-state index contributed by atoms with van der Waals surface area (Å²) in [4.78, 5) is 2.61. The number of rotatable bonds is 13. The topological polar surface area (TPSA) is 61.4 Å². The van der Waals surface area contributed by atoms with Crippen LogP contribution in [0.1, 0.15) is 83.3 Å². The first-order valence-electron chi connectivity index (χ1n) is 16.5. The molecule has 2 saturated heterocycles. The van der Waals surface area contributed by atoms with Crippen LogP contribution < -0.4 is 14.8 Å². The zero-order valence-electron chi connectivity index (χ0n) is 27.2. The van der Waals surface area contributed by atoms with Gasteiger partial charge in [-0.05, 0) is 98.6 Å². The van der Waals surface area contributed by atoms with E-state index in [4.69, 9.17) is 23.7 Å². The van der Waals surface area contributed by atoms with Gasteiger partial charge in [0.2, 0.25) is 0 Å². The van der Waals surface area contributed by atoms with Crippen molar-refractivity contribution in [1.82, 2.24) is 10.2 Å². The second-order valence-corrected chi connectivity index (χ2v) is 11.7. The van der Waals surface area contributed by atoms with E-state index in [1.807, 2.05) is 26.0 Å². The summed E-state index contributed by atoms with van der Waals surface area (Å²) in [5.41, 5.74) is 6.29. The standard InChI is InChI=1S/C34H48N2O5.C2H6/c1-5-24(2)34(36(21-25-12-13-25)22-26-14-17-39-18-15-26)29-10-8-9-28(35-29)33-30(37-3)19-27(20-31(33)38-4)23-41-32-11-6-7-16-40-32;1-2/h8-10,19-20,25-26,32,35H,2,5-7,11-18,21-23H2,1,3-4H3;1-2H3/b34-29+;. The summed E-state index contributed by atoms with van der Waals surface area (Å²) in [7, 11) is 3.41. The molecule has 3 aliphatic heterocycles. The van der Waals surface area contributed by atoms with Gasteiger partial charge < -0.3 is 33.9 Å². The molecule has 7 nitrogen and oxygen atoms in total. The van der Waals surface area contributed by atoms with Crippen molar-refractivity contribution in [3.8, 4) is 11.5 Å². The number of methoxy groups -OCH3 is 2. The maximum absolute atomic E-state index is 6.06. The molecule has 238 valence electrons. The molecule has 7 heteroatoms. The van der Waals surface area contributed by atoms with Crippen LogP contribution in [0.2, 0.25) is 0 Å². The quantitative estimate of drug-likeness (QED) is 0.252. The van der Waals surface area contributed by atoms with Crippen LogP contribution in [0.3, 0.4) is 0 Å². The van der Waals surface area contributed by atoms with Gasteiger partial charge >= 0.3 is 0 Å². The Morgan fingerprint density at radius 2 is 1.63 bits per heavy atom. The molecule has 0 aromatic heterocycles. The lowest BCUT2D eigenvalue weighted by Gasteiger charge is -2.36. The van der Waals surface area contributed by atoms with Gasteiger partial charge in [-0.2, -0.15) is 0 Å². The van der Waals surface area contributed by atoms with Gasteiger partial charge in [0.25, 0.3) is 0 Å². The van der Waals surface area contributed by atoms with Crippen molar-refractivity contribution in [2.75, 3.05) is 47.1 Å². The van der Waals surface area contributed by atoms with Crippen LogP contribution in [0.5, 0.6) is 11.5 Å². The third-order valence-corrected chi connectivity index (χ3v) is 8.53. The zero-order valence-corrected chi connectivity index (χ0v) is 27.2. The summed E-state index contributed by atoms with van der Waals surface area (Å²) in [5.74, 6) is 2.90. The third kappa shape index (κ3) is 9.13. The van der Waals surface area contributed by atoms with E-state index in [2.05, 4.69) is 41.9 Å². The van der Waals surface area contributed by atoms with Crippen LogP contribution in [0, 0.1) is 11.8 Å². The molecule has 1 atom stereocenters. The number of nitrogens with zero attached hydrogens (tertiary/aromatic N) is 1. The lowest BCUT2D eigenvalue weighted by molar-refractivity contribution is -0.168. The molecule has 1 aliphatic carbocycles. The van der Waals surface area contributed by atoms with Gasteiger partial charge in [0.05, 0.1) is 43.5 Å². The van der Waals surface area contributed by atoms with Crippen LogP contribution in [-0.2, 0) is 20.8 Å². The van der Waals surface area contributed by atoms with Crippen LogP contribution in [-0.4, -0.2) is 58.3 Å². The Bertz CT molecular complexity index is 1120. The molecular formula is C36H54N2O5. The zero-order chi connectivity index (χ0) is 30.6. The smallest absolute Gasteiger partial charge is 0.158 e. The van der Waals surface area contributed by atoms with Gasteiger partial charge in [0, 0.05) is 32.9 Å². The SMILES string of the molecule is C=C(CC)/C(=C1/C=CC=C(c2c(OC)cc(COC3CCCCO3)cc2OC)N1)N(CC1CCOCC1)CC1CC1.CC. The molecule has 0 radical (unpaired) electrons. The van der Waals surface area contributed by atoms with Gasteiger partial charge in [0.1, 0.15) is 11.5 Å². The maximum atomic E-state index is 6.06. The third-order valence-electron chi connectivity index (χ3n) is 8.53. The minimum atomic E-state index is -0.147. The highest BCUT2D eigenvalue weighted by atomic mass is 16.7. The second kappa shape index (κ2) is 16.9. The number of nitrogens with one attached hydrogen (secondary N) is 1. The Labute approximate surface area is 259 Å². The summed E-state index contributed by atoms with van der Waals surface area (Å²) in [6, 6.07) is 4.09. The van der Waals surface area contributed by atoms with Gasteiger partial charge in [-0.3, -0.25) is 0 Å². The lowest BCUT2D eigenvalue weighted by atomic mass is 9.97. The summed E-state index contributed by atoms with van der Waals surface area (Å²) in [5, 5.41) is 3.76. The Kier molecular flexibility index (Phi) is 13.1. The van der Waals surface area contributed by atoms with Crippen LogP contribution in [0.4, 0.5) is 0 Å². The molecule has 0 bridgehead atoms. The average Bonchev–Trinajstić information content (AvgIpc) is 3.89. The number of ether oxygens (including phenoxy) is 5. The van der Waals surface area contributed by atoms with Crippen molar-refractivity contribution in [1.29, 1.82) is 0 Å². The van der Waals surface area contributed by atoms with Gasteiger partial charge in [-0.15, -0.1) is 0 Å². The summed E-state index contributed by atoms with van der Waals surface area (Å²) in [6.07, 6.45) is 15.2. The van der Waals surface area contributed by atoms with E-state index >= 15 is 0 Å². The minimum absolute atomic E-state index is 0.147. The molecule has 43 heavy (non-hydrogen) atoms. The Hall–Kier alpha value is -2.74. The van der Waals surface area contributed by atoms with Gasteiger partial charge in [0.15, 0.2) is 6.29 Å². The Balaban J connectivity index is 0.00000207. The minimum Gasteiger partial charge on any atom is -0.496 e. The van der Waals surface area contributed by atoms with Crippen molar-refractivity contribution in [3.05, 3.63) is 65.0 Å².